The maximum Gasteiger partial charge on any atom is 0.259 e. The highest BCUT2D eigenvalue weighted by Gasteiger charge is 2.21. The zero-order valence-corrected chi connectivity index (χ0v) is 15.8. The number of fused-ring (bicyclic) bond motifs is 4. The van der Waals surface area contributed by atoms with Gasteiger partial charge in [-0.1, -0.05) is 0 Å². The van der Waals surface area contributed by atoms with Gasteiger partial charge in [-0.2, -0.15) is 0 Å². The molecule has 0 fully saturated rings. The van der Waals surface area contributed by atoms with Crippen molar-refractivity contribution in [3.05, 3.63) is 44.8 Å². The number of hydrogen-bond acceptors (Lipinski definition) is 6. The number of benzene rings is 1. The number of thiophene rings is 1. The quantitative estimate of drug-likeness (QED) is 0.691. The van der Waals surface area contributed by atoms with Gasteiger partial charge in [0, 0.05) is 16.2 Å². The Morgan fingerprint density at radius 2 is 2.04 bits per heavy atom. The van der Waals surface area contributed by atoms with Crippen LogP contribution in [0.4, 0.5) is 0 Å². The van der Waals surface area contributed by atoms with Crippen LogP contribution in [0, 0.1) is 0 Å². The first-order valence-electron chi connectivity index (χ1n) is 8.84. The van der Waals surface area contributed by atoms with Crippen molar-refractivity contribution in [1.29, 1.82) is 0 Å². The molecule has 0 saturated carbocycles. The van der Waals surface area contributed by atoms with E-state index in [4.69, 9.17) is 14.5 Å². The highest BCUT2D eigenvalue weighted by atomic mass is 32.2. The number of nitrogens with zero attached hydrogens (tertiary/aromatic N) is 1. The highest BCUT2D eigenvalue weighted by molar-refractivity contribution is 7.98. The lowest BCUT2D eigenvalue weighted by molar-refractivity contribution is 0.297. The monoisotopic (exact) mass is 386 g/mol. The predicted molar refractivity (Wildman–Crippen MR) is 104 cm³/mol. The Hall–Kier alpha value is -1.99. The third-order valence-corrected chi connectivity index (χ3v) is 6.91. The minimum Gasteiger partial charge on any atom is -0.490 e. The molecule has 2 aromatic heterocycles. The Morgan fingerprint density at radius 1 is 1.15 bits per heavy atom. The molecule has 3 aromatic rings. The van der Waals surface area contributed by atoms with E-state index in [0.717, 1.165) is 58.1 Å². The normalized spacial score (nSPS) is 15.8. The summed E-state index contributed by atoms with van der Waals surface area (Å²) in [6.07, 6.45) is 4.13. The Morgan fingerprint density at radius 3 is 2.96 bits per heavy atom. The summed E-state index contributed by atoms with van der Waals surface area (Å²) in [5.74, 6) is 2.93. The molecule has 3 heterocycles. The summed E-state index contributed by atoms with van der Waals surface area (Å²) >= 11 is 3.32. The van der Waals surface area contributed by atoms with E-state index < -0.39 is 0 Å². The molecule has 1 aliphatic carbocycles. The number of aromatic amines is 1. The molecule has 0 bridgehead atoms. The average molecular weight is 386 g/mol. The molecule has 7 heteroatoms. The topological polar surface area (TPSA) is 64.2 Å². The fourth-order valence-corrected chi connectivity index (χ4v) is 5.58. The second-order valence-electron chi connectivity index (χ2n) is 6.50. The van der Waals surface area contributed by atoms with Gasteiger partial charge in [-0.15, -0.1) is 23.1 Å². The molecular formula is C19H18N2O3S2. The molecule has 5 rings (SSSR count). The van der Waals surface area contributed by atoms with Gasteiger partial charge in [-0.25, -0.2) is 4.98 Å². The van der Waals surface area contributed by atoms with E-state index in [2.05, 4.69) is 4.98 Å². The number of hydrogen-bond donors (Lipinski definition) is 1. The maximum atomic E-state index is 12.5. The van der Waals surface area contributed by atoms with Crippen LogP contribution in [0.5, 0.6) is 11.5 Å². The van der Waals surface area contributed by atoms with Crippen molar-refractivity contribution < 1.29 is 9.47 Å². The second kappa shape index (κ2) is 6.63. The minimum atomic E-state index is 0.00339. The summed E-state index contributed by atoms with van der Waals surface area (Å²) < 4.78 is 11.4. The van der Waals surface area contributed by atoms with Crippen molar-refractivity contribution in [3.63, 3.8) is 0 Å². The number of aryl methyl sites for hydroxylation is 2. The van der Waals surface area contributed by atoms with Gasteiger partial charge in [-0.05, 0) is 43.0 Å². The van der Waals surface area contributed by atoms with Crippen LogP contribution >= 0.6 is 23.1 Å². The van der Waals surface area contributed by atoms with Crippen molar-refractivity contribution in [3.8, 4) is 11.5 Å². The molecule has 5 nitrogen and oxygen atoms in total. The van der Waals surface area contributed by atoms with Crippen molar-refractivity contribution in [2.75, 3.05) is 13.2 Å². The zero-order chi connectivity index (χ0) is 17.5. The molecule has 0 amide bonds. The SMILES string of the molecule is O=c1[nH]c(CSc2ccc3c(c2)OCCCO3)nc2sc3c(c12)CCC3. The number of H-pyrrole nitrogens is 1. The number of thioether (sulfide) groups is 1. The van der Waals surface area contributed by atoms with Crippen molar-refractivity contribution in [2.45, 2.75) is 36.3 Å². The molecule has 0 unspecified atom stereocenters. The van der Waals surface area contributed by atoms with E-state index in [0.29, 0.717) is 19.0 Å². The second-order valence-corrected chi connectivity index (χ2v) is 8.63. The summed E-state index contributed by atoms with van der Waals surface area (Å²) in [7, 11) is 0. The van der Waals surface area contributed by atoms with E-state index in [1.165, 1.54) is 10.4 Å². The smallest absolute Gasteiger partial charge is 0.259 e. The van der Waals surface area contributed by atoms with Crippen LogP contribution in [0.15, 0.2) is 27.9 Å². The first-order chi connectivity index (χ1) is 12.8. The standard InChI is InChI=1S/C19H18N2O3S2/c22-18-17-12-3-1-4-15(12)26-19(17)21-16(20-18)10-25-11-5-6-13-14(9-11)24-8-2-7-23-13/h5-6,9H,1-4,7-8,10H2,(H,20,21,22). The molecule has 0 radical (unpaired) electrons. The van der Waals surface area contributed by atoms with Gasteiger partial charge in [0.25, 0.3) is 5.56 Å². The minimum absolute atomic E-state index is 0.00339. The Kier molecular flexibility index (Phi) is 4.13. The summed E-state index contributed by atoms with van der Waals surface area (Å²) in [5, 5.41) is 0.812. The largest absolute Gasteiger partial charge is 0.490 e. The van der Waals surface area contributed by atoms with E-state index in [1.807, 2.05) is 18.2 Å². The molecule has 2 aliphatic rings. The lowest BCUT2D eigenvalue weighted by Gasteiger charge is -2.09. The van der Waals surface area contributed by atoms with Crippen molar-refractivity contribution in [2.24, 2.45) is 0 Å². The van der Waals surface area contributed by atoms with Gasteiger partial charge in [0.15, 0.2) is 11.5 Å². The predicted octanol–water partition coefficient (Wildman–Crippen LogP) is 3.93. The van der Waals surface area contributed by atoms with Crippen LogP contribution in [-0.4, -0.2) is 23.2 Å². The molecule has 1 aliphatic heterocycles. The molecule has 26 heavy (non-hydrogen) atoms. The first-order valence-corrected chi connectivity index (χ1v) is 10.6. The van der Waals surface area contributed by atoms with Crippen LogP contribution in [0.25, 0.3) is 10.2 Å². The lowest BCUT2D eigenvalue weighted by atomic mass is 10.2. The number of aromatic nitrogens is 2. The van der Waals surface area contributed by atoms with Gasteiger partial charge in [0.05, 0.1) is 24.4 Å². The zero-order valence-electron chi connectivity index (χ0n) is 14.2. The van der Waals surface area contributed by atoms with E-state index >= 15 is 0 Å². The summed E-state index contributed by atoms with van der Waals surface area (Å²) in [6.45, 7) is 1.37. The molecule has 0 saturated heterocycles. The number of ether oxygens (including phenoxy) is 2. The van der Waals surface area contributed by atoms with Gasteiger partial charge >= 0.3 is 0 Å². The summed E-state index contributed by atoms with van der Waals surface area (Å²) in [5.41, 5.74) is 1.23. The van der Waals surface area contributed by atoms with Crippen molar-refractivity contribution >= 4 is 33.3 Å². The molecule has 1 aromatic carbocycles. The highest BCUT2D eigenvalue weighted by Crippen LogP contribution is 2.36. The number of rotatable bonds is 3. The van der Waals surface area contributed by atoms with Crippen LogP contribution in [0.3, 0.4) is 0 Å². The van der Waals surface area contributed by atoms with Gasteiger partial charge in [0.1, 0.15) is 10.7 Å². The lowest BCUT2D eigenvalue weighted by Crippen LogP contribution is -2.11. The van der Waals surface area contributed by atoms with Gasteiger partial charge in [-0.3, -0.25) is 4.79 Å². The van der Waals surface area contributed by atoms with E-state index in [-0.39, 0.29) is 5.56 Å². The van der Waals surface area contributed by atoms with Crippen molar-refractivity contribution in [1.82, 2.24) is 9.97 Å². The Bertz CT molecular complexity index is 1040. The van der Waals surface area contributed by atoms with E-state index in [1.54, 1.807) is 23.1 Å². The van der Waals surface area contributed by atoms with Gasteiger partial charge in [0.2, 0.25) is 0 Å². The molecule has 0 spiro atoms. The maximum absolute atomic E-state index is 12.5. The molecule has 0 atom stereocenters. The fourth-order valence-electron chi connectivity index (χ4n) is 3.50. The van der Waals surface area contributed by atoms with Gasteiger partial charge < -0.3 is 14.5 Å². The Labute approximate surface area is 158 Å². The first kappa shape index (κ1) is 16.2. The van der Waals surface area contributed by atoms with Crippen LogP contribution in [0.1, 0.15) is 29.1 Å². The average Bonchev–Trinajstić information content (AvgIpc) is 3.13. The molecular weight excluding hydrogens is 368 g/mol. The van der Waals surface area contributed by atoms with E-state index in [9.17, 15) is 4.79 Å². The fraction of sp³-hybridized carbons (Fsp3) is 0.368. The molecule has 1 N–H and O–H groups in total. The number of nitrogens with one attached hydrogen (secondary N) is 1. The summed E-state index contributed by atoms with van der Waals surface area (Å²) in [4.78, 5) is 23.5. The summed E-state index contributed by atoms with van der Waals surface area (Å²) in [6, 6.07) is 5.97. The van der Waals surface area contributed by atoms with Crippen LogP contribution < -0.4 is 15.0 Å². The van der Waals surface area contributed by atoms with Crippen LogP contribution in [-0.2, 0) is 18.6 Å². The van der Waals surface area contributed by atoms with Crippen LogP contribution in [0.2, 0.25) is 0 Å². The Balaban J connectivity index is 1.39. The third-order valence-electron chi connectivity index (χ3n) is 4.72. The third kappa shape index (κ3) is 2.89. The molecule has 134 valence electrons.